The van der Waals surface area contributed by atoms with Crippen molar-refractivity contribution >= 4 is 17.8 Å². The molecular formula is C18H28N2O2S. The first-order chi connectivity index (χ1) is 11.0. The standard InChI is InChI=1S/C18H28N2O2S/c1-13-5-6-14(2)16(11-13)15(3)20-17(21)19-12-18(23-4)7-9-22-10-8-18/h5-6,11,15H,7-10,12H2,1-4H3,(H2,19,20,21)/t15-/m0/s1. The van der Waals surface area contributed by atoms with Gasteiger partial charge in [-0.3, -0.25) is 0 Å². The van der Waals surface area contributed by atoms with Crippen LogP contribution in [0.25, 0.3) is 0 Å². The van der Waals surface area contributed by atoms with E-state index in [2.05, 4.69) is 48.9 Å². The van der Waals surface area contributed by atoms with Gasteiger partial charge in [0.1, 0.15) is 0 Å². The third-order valence-electron chi connectivity index (χ3n) is 4.66. The quantitative estimate of drug-likeness (QED) is 0.864. The van der Waals surface area contributed by atoms with E-state index in [1.54, 1.807) is 0 Å². The van der Waals surface area contributed by atoms with E-state index >= 15 is 0 Å². The summed E-state index contributed by atoms with van der Waals surface area (Å²) in [7, 11) is 0. The van der Waals surface area contributed by atoms with Crippen LogP contribution in [0.3, 0.4) is 0 Å². The van der Waals surface area contributed by atoms with Gasteiger partial charge < -0.3 is 15.4 Å². The first-order valence-corrected chi connectivity index (χ1v) is 9.43. The number of nitrogens with one attached hydrogen (secondary N) is 2. The predicted octanol–water partition coefficient (Wildman–Crippen LogP) is 3.58. The summed E-state index contributed by atoms with van der Waals surface area (Å²) in [6.07, 6.45) is 4.09. The Balaban J connectivity index is 1.90. The molecule has 1 aliphatic heterocycles. The summed E-state index contributed by atoms with van der Waals surface area (Å²) in [4.78, 5) is 12.3. The molecule has 2 amide bonds. The van der Waals surface area contributed by atoms with Gasteiger partial charge in [-0.2, -0.15) is 11.8 Å². The van der Waals surface area contributed by atoms with Gasteiger partial charge in [-0.15, -0.1) is 0 Å². The van der Waals surface area contributed by atoms with Gasteiger partial charge in [0.15, 0.2) is 0 Å². The Bertz CT molecular complexity index is 542. The number of hydrogen-bond donors (Lipinski definition) is 2. The Kier molecular flexibility index (Phi) is 6.36. The Hall–Kier alpha value is -1.20. The highest BCUT2D eigenvalue weighted by molar-refractivity contribution is 8.00. The van der Waals surface area contributed by atoms with Gasteiger partial charge >= 0.3 is 6.03 Å². The number of amides is 2. The number of aryl methyl sites for hydroxylation is 2. The number of urea groups is 1. The average molecular weight is 337 g/mol. The van der Waals surface area contributed by atoms with E-state index in [1.807, 2.05) is 18.7 Å². The molecule has 0 aliphatic carbocycles. The number of ether oxygens (including phenoxy) is 1. The van der Waals surface area contributed by atoms with Crippen LogP contribution in [0.1, 0.15) is 42.5 Å². The lowest BCUT2D eigenvalue weighted by atomic mass is 9.99. The van der Waals surface area contributed by atoms with Gasteiger partial charge in [-0.25, -0.2) is 4.79 Å². The number of thioether (sulfide) groups is 1. The van der Waals surface area contributed by atoms with E-state index in [1.165, 1.54) is 16.7 Å². The fraction of sp³-hybridized carbons (Fsp3) is 0.611. The first kappa shape index (κ1) is 18.1. The van der Waals surface area contributed by atoms with Crippen LogP contribution >= 0.6 is 11.8 Å². The highest BCUT2D eigenvalue weighted by Gasteiger charge is 2.32. The molecule has 1 saturated heterocycles. The number of rotatable bonds is 5. The average Bonchev–Trinajstić information content (AvgIpc) is 2.56. The molecule has 1 fully saturated rings. The second kappa shape index (κ2) is 8.06. The Morgan fingerprint density at radius 3 is 2.70 bits per heavy atom. The van der Waals surface area contributed by atoms with Gasteiger partial charge in [0.25, 0.3) is 0 Å². The van der Waals surface area contributed by atoms with Crippen molar-refractivity contribution in [3.8, 4) is 0 Å². The second-order valence-electron chi connectivity index (χ2n) is 6.41. The fourth-order valence-electron chi connectivity index (χ4n) is 2.99. The second-order valence-corrected chi connectivity index (χ2v) is 7.68. The lowest BCUT2D eigenvalue weighted by Gasteiger charge is -2.35. The van der Waals surface area contributed by atoms with Crippen molar-refractivity contribution in [3.05, 3.63) is 34.9 Å². The van der Waals surface area contributed by atoms with Crippen molar-refractivity contribution in [3.63, 3.8) is 0 Å². The van der Waals surface area contributed by atoms with Crippen LogP contribution in [0.4, 0.5) is 4.79 Å². The Morgan fingerprint density at radius 1 is 1.35 bits per heavy atom. The third kappa shape index (κ3) is 4.88. The monoisotopic (exact) mass is 336 g/mol. The van der Waals surface area contributed by atoms with E-state index in [9.17, 15) is 4.79 Å². The van der Waals surface area contributed by atoms with Crippen molar-refractivity contribution in [1.82, 2.24) is 10.6 Å². The molecule has 1 heterocycles. The van der Waals surface area contributed by atoms with Crippen LogP contribution in [0.2, 0.25) is 0 Å². The molecule has 1 aliphatic rings. The SMILES string of the molecule is CSC1(CNC(=O)N[C@@H](C)c2cc(C)ccc2C)CCOCC1. The molecule has 4 nitrogen and oxygen atoms in total. The fourth-order valence-corrected chi connectivity index (χ4v) is 3.78. The molecule has 0 aromatic heterocycles. The van der Waals surface area contributed by atoms with Gasteiger partial charge in [0.05, 0.1) is 6.04 Å². The number of carbonyl (C=O) groups is 1. The summed E-state index contributed by atoms with van der Waals surface area (Å²) in [6, 6.07) is 6.24. The molecule has 0 unspecified atom stereocenters. The first-order valence-electron chi connectivity index (χ1n) is 8.20. The molecule has 1 atom stereocenters. The zero-order valence-electron chi connectivity index (χ0n) is 14.6. The molecule has 23 heavy (non-hydrogen) atoms. The highest BCUT2D eigenvalue weighted by atomic mass is 32.2. The lowest BCUT2D eigenvalue weighted by Crippen LogP contribution is -2.47. The Morgan fingerprint density at radius 2 is 2.04 bits per heavy atom. The van der Waals surface area contributed by atoms with Crippen LogP contribution < -0.4 is 10.6 Å². The van der Waals surface area contributed by atoms with E-state index < -0.39 is 0 Å². The minimum atomic E-state index is -0.0988. The molecule has 2 rings (SSSR count). The smallest absolute Gasteiger partial charge is 0.315 e. The molecule has 0 radical (unpaired) electrons. The van der Waals surface area contributed by atoms with Crippen LogP contribution in [-0.2, 0) is 4.74 Å². The summed E-state index contributed by atoms with van der Waals surface area (Å²) < 4.78 is 5.55. The third-order valence-corrected chi connectivity index (χ3v) is 6.08. The molecule has 5 heteroatoms. The molecule has 0 spiro atoms. The number of carbonyl (C=O) groups excluding carboxylic acids is 1. The largest absolute Gasteiger partial charge is 0.381 e. The number of hydrogen-bond acceptors (Lipinski definition) is 3. The summed E-state index contributed by atoms with van der Waals surface area (Å²) >= 11 is 1.83. The number of benzene rings is 1. The van der Waals surface area contributed by atoms with Crippen LogP contribution in [0.15, 0.2) is 18.2 Å². The molecule has 0 saturated carbocycles. The molecule has 1 aromatic carbocycles. The van der Waals surface area contributed by atoms with E-state index in [-0.39, 0.29) is 16.8 Å². The maximum atomic E-state index is 12.3. The Labute approximate surface area is 143 Å². The zero-order chi connectivity index (χ0) is 16.9. The summed E-state index contributed by atoms with van der Waals surface area (Å²) in [5.41, 5.74) is 3.59. The van der Waals surface area contributed by atoms with Crippen molar-refractivity contribution < 1.29 is 9.53 Å². The molecule has 1 aromatic rings. The maximum absolute atomic E-state index is 12.3. The van der Waals surface area contributed by atoms with Crippen LogP contribution in [0, 0.1) is 13.8 Å². The molecule has 0 bridgehead atoms. The summed E-state index contributed by atoms with van der Waals surface area (Å²) in [5, 5.41) is 6.11. The minimum absolute atomic E-state index is 0.00480. The molecule has 128 valence electrons. The van der Waals surface area contributed by atoms with Crippen molar-refractivity contribution in [1.29, 1.82) is 0 Å². The van der Waals surface area contributed by atoms with E-state index in [0.29, 0.717) is 6.54 Å². The van der Waals surface area contributed by atoms with Crippen LogP contribution in [0.5, 0.6) is 0 Å². The van der Waals surface area contributed by atoms with E-state index in [0.717, 1.165) is 26.1 Å². The summed E-state index contributed by atoms with van der Waals surface area (Å²) in [5.74, 6) is 0. The van der Waals surface area contributed by atoms with Gasteiger partial charge in [-0.05, 0) is 51.0 Å². The maximum Gasteiger partial charge on any atom is 0.315 e. The normalized spacial score (nSPS) is 18.3. The molecule has 2 N–H and O–H groups in total. The van der Waals surface area contributed by atoms with Crippen molar-refractivity contribution in [2.75, 3.05) is 26.0 Å². The van der Waals surface area contributed by atoms with Crippen molar-refractivity contribution in [2.45, 2.75) is 44.4 Å². The summed E-state index contributed by atoms with van der Waals surface area (Å²) in [6.45, 7) is 8.42. The lowest BCUT2D eigenvalue weighted by molar-refractivity contribution is 0.0777. The van der Waals surface area contributed by atoms with Gasteiger partial charge in [0.2, 0.25) is 0 Å². The van der Waals surface area contributed by atoms with Crippen molar-refractivity contribution in [2.24, 2.45) is 0 Å². The zero-order valence-corrected chi connectivity index (χ0v) is 15.4. The highest BCUT2D eigenvalue weighted by Crippen LogP contribution is 2.33. The minimum Gasteiger partial charge on any atom is -0.381 e. The molecular weight excluding hydrogens is 308 g/mol. The van der Waals surface area contributed by atoms with Crippen LogP contribution in [-0.4, -0.2) is 36.8 Å². The van der Waals surface area contributed by atoms with E-state index in [4.69, 9.17) is 4.74 Å². The van der Waals surface area contributed by atoms with Gasteiger partial charge in [0, 0.05) is 24.5 Å². The van der Waals surface area contributed by atoms with Gasteiger partial charge in [-0.1, -0.05) is 23.8 Å². The topological polar surface area (TPSA) is 50.4 Å². The predicted molar refractivity (Wildman–Crippen MR) is 97.2 cm³/mol.